The van der Waals surface area contributed by atoms with Crippen molar-refractivity contribution in [3.05, 3.63) is 71.8 Å². The third-order valence-corrected chi connectivity index (χ3v) is 5.36. The van der Waals surface area contributed by atoms with Crippen molar-refractivity contribution in [3.8, 4) is 17.0 Å². The summed E-state index contributed by atoms with van der Waals surface area (Å²) in [6, 6.07) is 21.0. The van der Waals surface area contributed by atoms with Crippen molar-refractivity contribution < 1.29 is 9.53 Å². The molecular weight excluding hydrogens is 400 g/mol. The zero-order valence-electron chi connectivity index (χ0n) is 16.7. The zero-order valence-corrected chi connectivity index (χ0v) is 17.5. The third kappa shape index (κ3) is 4.71. The molecular formula is C23H23ClN4O2. The molecule has 1 aromatic heterocycles. The Labute approximate surface area is 181 Å². The Morgan fingerprint density at radius 3 is 2.27 bits per heavy atom. The van der Waals surface area contributed by atoms with Gasteiger partial charge in [-0.1, -0.05) is 41.9 Å². The van der Waals surface area contributed by atoms with Crippen LogP contribution in [0.5, 0.6) is 5.75 Å². The molecule has 6 nitrogen and oxygen atoms in total. The summed E-state index contributed by atoms with van der Waals surface area (Å²) < 4.78 is 5.77. The minimum atomic E-state index is -0.553. The Balaban J connectivity index is 1.32. The highest BCUT2D eigenvalue weighted by molar-refractivity contribution is 6.30. The summed E-state index contributed by atoms with van der Waals surface area (Å²) in [6.45, 7) is 4.43. The SMILES string of the molecule is CC(Oc1ccc(Cl)cc1)C(=O)N1CCN(c2ccc(-c3ccccc3)nn2)CC1. The smallest absolute Gasteiger partial charge is 0.263 e. The number of aromatic nitrogens is 2. The normalized spacial score (nSPS) is 15.0. The minimum absolute atomic E-state index is 0.0184. The van der Waals surface area contributed by atoms with Gasteiger partial charge in [-0.3, -0.25) is 4.79 Å². The molecule has 1 aliphatic heterocycles. The molecule has 0 radical (unpaired) electrons. The molecule has 1 aliphatic rings. The highest BCUT2D eigenvalue weighted by Crippen LogP contribution is 2.20. The molecule has 0 N–H and O–H groups in total. The second kappa shape index (κ2) is 9.13. The van der Waals surface area contributed by atoms with E-state index in [1.807, 2.05) is 47.4 Å². The Bertz CT molecular complexity index is 972. The number of rotatable bonds is 5. The molecule has 1 saturated heterocycles. The van der Waals surface area contributed by atoms with Gasteiger partial charge in [-0.25, -0.2) is 0 Å². The van der Waals surface area contributed by atoms with E-state index in [4.69, 9.17) is 16.3 Å². The average molecular weight is 423 g/mol. The van der Waals surface area contributed by atoms with Gasteiger partial charge in [0, 0.05) is 36.8 Å². The van der Waals surface area contributed by atoms with E-state index in [9.17, 15) is 4.79 Å². The first-order valence-corrected chi connectivity index (χ1v) is 10.3. The maximum atomic E-state index is 12.7. The van der Waals surface area contributed by atoms with Crippen molar-refractivity contribution in [2.75, 3.05) is 31.1 Å². The van der Waals surface area contributed by atoms with E-state index in [-0.39, 0.29) is 5.91 Å². The summed E-state index contributed by atoms with van der Waals surface area (Å²) in [7, 11) is 0. The first-order valence-electron chi connectivity index (χ1n) is 9.95. The van der Waals surface area contributed by atoms with Crippen molar-refractivity contribution >= 4 is 23.3 Å². The van der Waals surface area contributed by atoms with Crippen molar-refractivity contribution in [2.24, 2.45) is 0 Å². The number of anilines is 1. The fraction of sp³-hybridized carbons (Fsp3) is 0.261. The molecule has 1 fully saturated rings. The second-order valence-corrected chi connectivity index (χ2v) is 7.61. The Kier molecular flexibility index (Phi) is 6.14. The lowest BCUT2D eigenvalue weighted by atomic mass is 10.1. The second-order valence-electron chi connectivity index (χ2n) is 7.17. The molecule has 2 aromatic carbocycles. The monoisotopic (exact) mass is 422 g/mol. The highest BCUT2D eigenvalue weighted by atomic mass is 35.5. The lowest BCUT2D eigenvalue weighted by molar-refractivity contribution is -0.138. The van der Waals surface area contributed by atoms with E-state index in [0.29, 0.717) is 37.0 Å². The van der Waals surface area contributed by atoms with Crippen molar-refractivity contribution in [1.29, 1.82) is 0 Å². The molecule has 0 bridgehead atoms. The molecule has 1 amide bonds. The number of nitrogens with zero attached hydrogens (tertiary/aromatic N) is 4. The standard InChI is InChI=1S/C23H23ClN4O2/c1-17(30-20-9-7-19(24)8-10-20)23(29)28-15-13-27(14-16-28)22-12-11-21(25-26-22)18-5-3-2-4-6-18/h2-12,17H,13-16H2,1H3. The molecule has 154 valence electrons. The summed E-state index contributed by atoms with van der Waals surface area (Å²) >= 11 is 5.89. The van der Waals surface area contributed by atoms with Crippen LogP contribution in [0.15, 0.2) is 66.7 Å². The van der Waals surface area contributed by atoms with Crippen LogP contribution < -0.4 is 9.64 Å². The molecule has 3 aromatic rings. The van der Waals surface area contributed by atoms with E-state index in [1.165, 1.54) is 0 Å². The number of ether oxygens (including phenoxy) is 1. The molecule has 0 aliphatic carbocycles. The van der Waals surface area contributed by atoms with Gasteiger partial charge in [0.1, 0.15) is 5.75 Å². The number of halogens is 1. The maximum Gasteiger partial charge on any atom is 0.263 e. The van der Waals surface area contributed by atoms with Gasteiger partial charge in [0.05, 0.1) is 5.69 Å². The van der Waals surface area contributed by atoms with Crippen LogP contribution in [-0.2, 0) is 4.79 Å². The van der Waals surface area contributed by atoms with Crippen LogP contribution in [0, 0.1) is 0 Å². The fourth-order valence-electron chi connectivity index (χ4n) is 3.44. The van der Waals surface area contributed by atoms with E-state index >= 15 is 0 Å². The molecule has 4 rings (SSSR count). The van der Waals surface area contributed by atoms with Crippen LogP contribution in [0.25, 0.3) is 11.3 Å². The van der Waals surface area contributed by atoms with Crippen LogP contribution in [-0.4, -0.2) is 53.3 Å². The lowest BCUT2D eigenvalue weighted by Crippen LogP contribution is -2.52. The predicted octanol–water partition coefficient (Wildman–Crippen LogP) is 3.91. The van der Waals surface area contributed by atoms with Crippen molar-refractivity contribution in [3.63, 3.8) is 0 Å². The Hall–Kier alpha value is -3.12. The summed E-state index contributed by atoms with van der Waals surface area (Å²) in [6.07, 6.45) is -0.553. The quantitative estimate of drug-likeness (QED) is 0.623. The van der Waals surface area contributed by atoms with Gasteiger partial charge in [0.15, 0.2) is 11.9 Å². The third-order valence-electron chi connectivity index (χ3n) is 5.11. The average Bonchev–Trinajstić information content (AvgIpc) is 2.81. The van der Waals surface area contributed by atoms with Gasteiger partial charge in [0.25, 0.3) is 5.91 Å². The summed E-state index contributed by atoms with van der Waals surface area (Å²) in [5.74, 6) is 1.44. The van der Waals surface area contributed by atoms with Crippen LogP contribution in [0.3, 0.4) is 0 Å². The zero-order chi connectivity index (χ0) is 20.9. The summed E-state index contributed by atoms with van der Waals surface area (Å²) in [5.41, 5.74) is 1.89. The molecule has 30 heavy (non-hydrogen) atoms. The summed E-state index contributed by atoms with van der Waals surface area (Å²) in [4.78, 5) is 16.7. The number of benzene rings is 2. The molecule has 0 spiro atoms. The molecule has 0 saturated carbocycles. The first-order chi connectivity index (χ1) is 14.6. The minimum Gasteiger partial charge on any atom is -0.481 e. The van der Waals surface area contributed by atoms with Gasteiger partial charge >= 0.3 is 0 Å². The van der Waals surface area contributed by atoms with Crippen LogP contribution in [0.1, 0.15) is 6.92 Å². The molecule has 1 atom stereocenters. The Morgan fingerprint density at radius 1 is 0.933 bits per heavy atom. The van der Waals surface area contributed by atoms with Crippen molar-refractivity contribution in [2.45, 2.75) is 13.0 Å². The first kappa shape index (κ1) is 20.2. The predicted molar refractivity (Wildman–Crippen MR) is 118 cm³/mol. The van der Waals surface area contributed by atoms with Gasteiger partial charge in [-0.05, 0) is 43.3 Å². The summed E-state index contributed by atoms with van der Waals surface area (Å²) in [5, 5.41) is 9.38. The van der Waals surface area contributed by atoms with Crippen LogP contribution >= 0.6 is 11.6 Å². The largest absolute Gasteiger partial charge is 0.481 e. The van der Waals surface area contributed by atoms with Gasteiger partial charge < -0.3 is 14.5 Å². The maximum absolute atomic E-state index is 12.7. The van der Waals surface area contributed by atoms with Gasteiger partial charge in [-0.15, -0.1) is 10.2 Å². The molecule has 2 heterocycles. The van der Waals surface area contributed by atoms with E-state index in [2.05, 4.69) is 15.1 Å². The fourth-order valence-corrected chi connectivity index (χ4v) is 3.56. The van der Waals surface area contributed by atoms with Crippen LogP contribution in [0.2, 0.25) is 5.02 Å². The molecule has 1 unspecified atom stereocenters. The van der Waals surface area contributed by atoms with Gasteiger partial charge in [-0.2, -0.15) is 0 Å². The van der Waals surface area contributed by atoms with E-state index in [1.54, 1.807) is 31.2 Å². The van der Waals surface area contributed by atoms with E-state index < -0.39 is 6.10 Å². The highest BCUT2D eigenvalue weighted by Gasteiger charge is 2.26. The van der Waals surface area contributed by atoms with Crippen LogP contribution in [0.4, 0.5) is 5.82 Å². The molecule has 7 heteroatoms. The number of piperazine rings is 1. The number of hydrogen-bond donors (Lipinski definition) is 0. The van der Waals surface area contributed by atoms with E-state index in [0.717, 1.165) is 17.1 Å². The number of hydrogen-bond acceptors (Lipinski definition) is 5. The number of carbonyl (C=O) groups excluding carboxylic acids is 1. The lowest BCUT2D eigenvalue weighted by Gasteiger charge is -2.36. The van der Waals surface area contributed by atoms with Gasteiger partial charge in [0.2, 0.25) is 0 Å². The number of carbonyl (C=O) groups is 1. The Morgan fingerprint density at radius 2 is 1.63 bits per heavy atom. The topological polar surface area (TPSA) is 58.6 Å². The number of amides is 1. The van der Waals surface area contributed by atoms with Crippen molar-refractivity contribution in [1.82, 2.24) is 15.1 Å².